The third-order valence-corrected chi connectivity index (χ3v) is 3.38. The number of hydrogen-bond donors (Lipinski definition) is 3. The van der Waals surface area contributed by atoms with Gasteiger partial charge in [-0.25, -0.2) is 0 Å². The van der Waals surface area contributed by atoms with Gasteiger partial charge in [0.15, 0.2) is 0 Å². The van der Waals surface area contributed by atoms with Gasteiger partial charge in [0.25, 0.3) is 5.91 Å². The Morgan fingerprint density at radius 1 is 1.45 bits per heavy atom. The van der Waals surface area contributed by atoms with Crippen LogP contribution in [0.25, 0.3) is 0 Å². The number of nitrogen functional groups attached to an aromatic ring is 1. The highest BCUT2D eigenvalue weighted by Crippen LogP contribution is 2.22. The molecule has 1 saturated heterocycles. The first-order chi connectivity index (χ1) is 9.47. The van der Waals surface area contributed by atoms with Crippen molar-refractivity contribution in [2.75, 3.05) is 18.8 Å². The van der Waals surface area contributed by atoms with E-state index in [1.807, 2.05) is 0 Å². The van der Waals surface area contributed by atoms with Crippen LogP contribution in [-0.2, 0) is 4.79 Å². The van der Waals surface area contributed by atoms with Crippen LogP contribution in [0.4, 0.5) is 5.69 Å². The van der Waals surface area contributed by atoms with Crippen LogP contribution in [0, 0.1) is 0 Å². The molecule has 1 aromatic rings. The number of amides is 2. The van der Waals surface area contributed by atoms with Crippen molar-refractivity contribution in [1.29, 1.82) is 0 Å². The molecule has 2 amide bonds. The first-order valence-corrected chi connectivity index (χ1v) is 6.62. The van der Waals surface area contributed by atoms with Gasteiger partial charge in [0.2, 0.25) is 5.91 Å². The van der Waals surface area contributed by atoms with Gasteiger partial charge in [0.1, 0.15) is 5.75 Å². The second kappa shape index (κ2) is 5.81. The van der Waals surface area contributed by atoms with E-state index in [2.05, 4.69) is 5.32 Å². The van der Waals surface area contributed by atoms with Crippen molar-refractivity contribution >= 4 is 17.5 Å². The molecule has 1 unspecified atom stereocenters. The van der Waals surface area contributed by atoms with E-state index in [1.54, 1.807) is 4.90 Å². The van der Waals surface area contributed by atoms with Crippen LogP contribution in [0.5, 0.6) is 5.75 Å². The average Bonchev–Trinajstić information content (AvgIpc) is 2.40. The molecule has 2 rings (SSSR count). The molecule has 0 spiro atoms. The molecular formula is C14H19N3O3. The first-order valence-electron chi connectivity index (χ1n) is 6.62. The highest BCUT2D eigenvalue weighted by molar-refractivity contribution is 5.99. The average molecular weight is 277 g/mol. The highest BCUT2D eigenvalue weighted by Gasteiger charge is 2.26. The van der Waals surface area contributed by atoms with E-state index in [0.717, 1.165) is 12.8 Å². The molecule has 6 nitrogen and oxygen atoms in total. The lowest BCUT2D eigenvalue weighted by atomic mass is 10.0. The molecule has 4 N–H and O–H groups in total. The number of hydrogen-bond acceptors (Lipinski definition) is 4. The minimum absolute atomic E-state index is 0.0120. The third kappa shape index (κ3) is 3.20. The van der Waals surface area contributed by atoms with Crippen molar-refractivity contribution in [1.82, 2.24) is 10.2 Å². The minimum atomic E-state index is -0.214. The Morgan fingerprint density at radius 3 is 2.90 bits per heavy atom. The summed E-state index contributed by atoms with van der Waals surface area (Å²) in [6, 6.07) is 4.31. The van der Waals surface area contributed by atoms with Gasteiger partial charge in [-0.15, -0.1) is 0 Å². The zero-order valence-electron chi connectivity index (χ0n) is 11.4. The van der Waals surface area contributed by atoms with Crippen molar-refractivity contribution in [3.05, 3.63) is 23.8 Å². The monoisotopic (exact) mass is 277 g/mol. The number of rotatable bonds is 2. The van der Waals surface area contributed by atoms with Crippen molar-refractivity contribution in [2.45, 2.75) is 25.8 Å². The Kier molecular flexibility index (Phi) is 4.12. The number of nitrogens with two attached hydrogens (primary N) is 1. The van der Waals surface area contributed by atoms with E-state index in [4.69, 9.17) is 5.73 Å². The summed E-state index contributed by atoms with van der Waals surface area (Å²) in [6.45, 7) is 2.56. The van der Waals surface area contributed by atoms with Crippen molar-refractivity contribution in [3.8, 4) is 5.75 Å². The molecule has 1 atom stereocenters. The fourth-order valence-corrected chi connectivity index (χ4v) is 2.47. The van der Waals surface area contributed by atoms with Crippen LogP contribution in [0.1, 0.15) is 30.1 Å². The summed E-state index contributed by atoms with van der Waals surface area (Å²) in [4.78, 5) is 25.2. The zero-order valence-corrected chi connectivity index (χ0v) is 11.4. The molecule has 1 aliphatic rings. The summed E-state index contributed by atoms with van der Waals surface area (Å²) >= 11 is 0. The lowest BCUT2D eigenvalue weighted by Gasteiger charge is -2.33. The number of nitrogens with zero attached hydrogens (tertiary/aromatic N) is 1. The van der Waals surface area contributed by atoms with Gasteiger partial charge in [-0.3, -0.25) is 9.59 Å². The quantitative estimate of drug-likeness (QED) is 0.548. The molecule has 1 fully saturated rings. The summed E-state index contributed by atoms with van der Waals surface area (Å²) in [5.74, 6) is -0.299. The molecule has 0 aliphatic carbocycles. The molecule has 108 valence electrons. The summed E-state index contributed by atoms with van der Waals surface area (Å²) in [5, 5.41) is 12.3. The SMILES string of the molecule is CC(=O)NC1CCCN(C(=O)c2cc(O)ccc2N)C1. The molecular weight excluding hydrogens is 258 g/mol. The Labute approximate surface area is 117 Å². The number of carbonyl (C=O) groups is 2. The third-order valence-electron chi connectivity index (χ3n) is 3.38. The van der Waals surface area contributed by atoms with Gasteiger partial charge in [-0.05, 0) is 31.0 Å². The highest BCUT2D eigenvalue weighted by atomic mass is 16.3. The van der Waals surface area contributed by atoms with Crippen LogP contribution in [0.3, 0.4) is 0 Å². The molecule has 1 aliphatic heterocycles. The van der Waals surface area contributed by atoms with Crippen LogP contribution < -0.4 is 11.1 Å². The molecule has 0 radical (unpaired) electrons. The summed E-state index contributed by atoms with van der Waals surface area (Å²) in [5.41, 5.74) is 6.43. The smallest absolute Gasteiger partial charge is 0.256 e. The number of phenolic OH excluding ortho intramolecular Hbond substituents is 1. The molecule has 6 heteroatoms. The Balaban J connectivity index is 2.12. The van der Waals surface area contributed by atoms with Gasteiger partial charge in [-0.2, -0.15) is 0 Å². The number of piperidine rings is 1. The van der Waals surface area contributed by atoms with E-state index in [0.29, 0.717) is 24.3 Å². The van der Waals surface area contributed by atoms with Gasteiger partial charge in [0.05, 0.1) is 5.56 Å². The molecule has 1 aromatic carbocycles. The second-order valence-corrected chi connectivity index (χ2v) is 5.06. The minimum Gasteiger partial charge on any atom is -0.508 e. The lowest BCUT2D eigenvalue weighted by molar-refractivity contribution is -0.120. The zero-order chi connectivity index (χ0) is 14.7. The largest absolute Gasteiger partial charge is 0.508 e. The van der Waals surface area contributed by atoms with Crippen molar-refractivity contribution in [3.63, 3.8) is 0 Å². The Bertz CT molecular complexity index is 530. The van der Waals surface area contributed by atoms with Crippen LogP contribution >= 0.6 is 0 Å². The topological polar surface area (TPSA) is 95.7 Å². The number of carbonyl (C=O) groups excluding carboxylic acids is 2. The normalized spacial score (nSPS) is 18.6. The predicted molar refractivity (Wildman–Crippen MR) is 75.3 cm³/mol. The summed E-state index contributed by atoms with van der Waals surface area (Å²) in [7, 11) is 0. The number of likely N-dealkylation sites (tertiary alicyclic amines) is 1. The van der Waals surface area contributed by atoms with Gasteiger partial charge in [0, 0.05) is 31.7 Å². The standard InChI is InChI=1S/C14H19N3O3/c1-9(18)16-10-3-2-6-17(8-10)14(20)12-7-11(19)4-5-13(12)15/h4-5,7,10,19H,2-3,6,8,15H2,1H3,(H,16,18). The van der Waals surface area contributed by atoms with Crippen molar-refractivity contribution < 1.29 is 14.7 Å². The second-order valence-electron chi connectivity index (χ2n) is 5.06. The molecule has 0 aromatic heterocycles. The molecule has 20 heavy (non-hydrogen) atoms. The van der Waals surface area contributed by atoms with Gasteiger partial charge < -0.3 is 21.1 Å². The fourth-order valence-electron chi connectivity index (χ4n) is 2.47. The maximum absolute atomic E-state index is 12.4. The van der Waals surface area contributed by atoms with E-state index >= 15 is 0 Å². The van der Waals surface area contributed by atoms with E-state index in [-0.39, 0.29) is 23.6 Å². The van der Waals surface area contributed by atoms with E-state index in [1.165, 1.54) is 25.1 Å². The predicted octanol–water partition coefficient (Wildman–Crippen LogP) is 0.715. The van der Waals surface area contributed by atoms with E-state index < -0.39 is 0 Å². The Morgan fingerprint density at radius 2 is 2.20 bits per heavy atom. The number of aromatic hydroxyl groups is 1. The van der Waals surface area contributed by atoms with Crippen molar-refractivity contribution in [2.24, 2.45) is 0 Å². The van der Waals surface area contributed by atoms with Crippen LogP contribution in [0.2, 0.25) is 0 Å². The summed E-state index contributed by atoms with van der Waals surface area (Å²) in [6.07, 6.45) is 1.69. The molecule has 0 saturated carbocycles. The molecule has 0 bridgehead atoms. The fraction of sp³-hybridized carbons (Fsp3) is 0.429. The number of benzene rings is 1. The number of anilines is 1. The maximum atomic E-state index is 12.4. The number of phenols is 1. The lowest BCUT2D eigenvalue weighted by Crippen LogP contribution is -2.49. The first kappa shape index (κ1) is 14.2. The van der Waals surface area contributed by atoms with E-state index in [9.17, 15) is 14.7 Å². The summed E-state index contributed by atoms with van der Waals surface area (Å²) < 4.78 is 0. The number of nitrogens with one attached hydrogen (secondary N) is 1. The van der Waals surface area contributed by atoms with Gasteiger partial charge in [-0.1, -0.05) is 0 Å². The maximum Gasteiger partial charge on any atom is 0.256 e. The molecule has 1 heterocycles. The van der Waals surface area contributed by atoms with Crippen LogP contribution in [-0.4, -0.2) is 41.0 Å². The Hall–Kier alpha value is -2.24. The van der Waals surface area contributed by atoms with Crippen LogP contribution in [0.15, 0.2) is 18.2 Å². The van der Waals surface area contributed by atoms with Gasteiger partial charge >= 0.3 is 0 Å².